The Morgan fingerprint density at radius 1 is 0.967 bits per heavy atom. The molecular formula is C24H34N2O4. The molecule has 3 aliphatic rings. The fourth-order valence-electron chi connectivity index (χ4n) is 4.92. The van der Waals surface area contributed by atoms with Gasteiger partial charge in [-0.3, -0.25) is 9.59 Å². The van der Waals surface area contributed by atoms with E-state index in [2.05, 4.69) is 17.0 Å². The van der Waals surface area contributed by atoms with Crippen LogP contribution in [0.2, 0.25) is 0 Å². The summed E-state index contributed by atoms with van der Waals surface area (Å²) in [7, 11) is 0. The SMILES string of the molecule is O=C(C1CCOCC1)N1CCCOc2cccc(c2)CCC2CCCCN2C(=O)C1. The molecule has 3 heterocycles. The van der Waals surface area contributed by atoms with Crippen molar-refractivity contribution in [2.24, 2.45) is 5.92 Å². The van der Waals surface area contributed by atoms with Gasteiger partial charge in [0.25, 0.3) is 0 Å². The molecule has 0 saturated carbocycles. The number of carbonyl (C=O) groups excluding carboxylic acids is 2. The predicted octanol–water partition coefficient (Wildman–Crippen LogP) is 3.04. The number of nitrogens with zero attached hydrogens (tertiary/aromatic N) is 2. The minimum Gasteiger partial charge on any atom is -0.494 e. The molecule has 164 valence electrons. The molecule has 2 saturated heterocycles. The normalized spacial score (nSPS) is 24.5. The first-order valence-electron chi connectivity index (χ1n) is 11.6. The number of piperidine rings is 1. The number of fused-ring (bicyclic) bond motifs is 3. The number of hydrogen-bond acceptors (Lipinski definition) is 4. The highest BCUT2D eigenvalue weighted by Crippen LogP contribution is 2.24. The Morgan fingerprint density at radius 2 is 1.83 bits per heavy atom. The zero-order valence-corrected chi connectivity index (χ0v) is 17.9. The van der Waals surface area contributed by atoms with E-state index in [1.54, 1.807) is 4.90 Å². The van der Waals surface area contributed by atoms with Crippen molar-refractivity contribution in [3.63, 3.8) is 0 Å². The molecular weight excluding hydrogens is 380 g/mol. The maximum Gasteiger partial charge on any atom is 0.242 e. The molecule has 30 heavy (non-hydrogen) atoms. The predicted molar refractivity (Wildman–Crippen MR) is 114 cm³/mol. The van der Waals surface area contributed by atoms with Crippen LogP contribution in [0, 0.1) is 5.92 Å². The lowest BCUT2D eigenvalue weighted by molar-refractivity contribution is -0.146. The van der Waals surface area contributed by atoms with Gasteiger partial charge in [0.1, 0.15) is 5.75 Å². The third-order valence-corrected chi connectivity index (χ3v) is 6.66. The maximum atomic E-state index is 13.3. The molecule has 1 atom stereocenters. The van der Waals surface area contributed by atoms with Crippen molar-refractivity contribution in [2.45, 2.75) is 57.4 Å². The largest absolute Gasteiger partial charge is 0.494 e. The summed E-state index contributed by atoms with van der Waals surface area (Å²) >= 11 is 0. The molecule has 0 spiro atoms. The first-order valence-corrected chi connectivity index (χ1v) is 11.6. The third kappa shape index (κ3) is 5.34. The molecule has 6 nitrogen and oxygen atoms in total. The second kappa shape index (κ2) is 10.3. The van der Waals surface area contributed by atoms with E-state index in [1.165, 1.54) is 12.0 Å². The number of carbonyl (C=O) groups is 2. The molecule has 2 bridgehead atoms. The van der Waals surface area contributed by atoms with Crippen molar-refractivity contribution < 1.29 is 19.1 Å². The average molecular weight is 415 g/mol. The van der Waals surface area contributed by atoms with Gasteiger partial charge >= 0.3 is 0 Å². The second-order valence-corrected chi connectivity index (χ2v) is 8.77. The number of rotatable bonds is 1. The summed E-state index contributed by atoms with van der Waals surface area (Å²) in [6, 6.07) is 8.56. The summed E-state index contributed by atoms with van der Waals surface area (Å²) in [6.45, 7) is 3.36. The summed E-state index contributed by atoms with van der Waals surface area (Å²) in [4.78, 5) is 30.3. The van der Waals surface area contributed by atoms with Gasteiger partial charge in [0.15, 0.2) is 0 Å². The van der Waals surface area contributed by atoms with Gasteiger partial charge in [-0.1, -0.05) is 12.1 Å². The van der Waals surface area contributed by atoms with Crippen molar-refractivity contribution in [1.29, 1.82) is 0 Å². The molecule has 4 rings (SSSR count). The van der Waals surface area contributed by atoms with Crippen LogP contribution >= 0.6 is 0 Å². The average Bonchev–Trinajstić information content (AvgIpc) is 2.79. The minimum atomic E-state index is -0.0276. The van der Waals surface area contributed by atoms with E-state index in [9.17, 15) is 9.59 Å². The third-order valence-electron chi connectivity index (χ3n) is 6.66. The number of ether oxygens (including phenoxy) is 2. The highest BCUT2D eigenvalue weighted by Gasteiger charge is 2.31. The van der Waals surface area contributed by atoms with Crippen molar-refractivity contribution in [3.05, 3.63) is 29.8 Å². The lowest BCUT2D eigenvalue weighted by Crippen LogP contribution is -2.50. The summed E-state index contributed by atoms with van der Waals surface area (Å²) in [6.07, 6.45) is 7.39. The monoisotopic (exact) mass is 414 g/mol. The van der Waals surface area contributed by atoms with Crippen molar-refractivity contribution >= 4 is 11.8 Å². The molecule has 3 aliphatic heterocycles. The molecule has 1 aromatic carbocycles. The summed E-state index contributed by atoms with van der Waals surface area (Å²) in [5.41, 5.74) is 1.26. The van der Waals surface area contributed by atoms with Crippen LogP contribution in [-0.2, 0) is 20.7 Å². The topological polar surface area (TPSA) is 59.1 Å². The highest BCUT2D eigenvalue weighted by atomic mass is 16.5. The first-order chi connectivity index (χ1) is 14.7. The summed E-state index contributed by atoms with van der Waals surface area (Å²) in [5, 5.41) is 0. The minimum absolute atomic E-state index is 0.0276. The molecule has 0 N–H and O–H groups in total. The van der Waals surface area contributed by atoms with Gasteiger partial charge in [-0.05, 0) is 69.1 Å². The Kier molecular flexibility index (Phi) is 7.26. The quantitative estimate of drug-likeness (QED) is 0.709. The summed E-state index contributed by atoms with van der Waals surface area (Å²) < 4.78 is 11.4. The van der Waals surface area contributed by atoms with E-state index in [4.69, 9.17) is 9.47 Å². The number of amides is 2. The number of hydrogen-bond donors (Lipinski definition) is 0. The van der Waals surface area contributed by atoms with Crippen LogP contribution in [0.15, 0.2) is 24.3 Å². The van der Waals surface area contributed by atoms with Crippen LogP contribution in [0.5, 0.6) is 5.75 Å². The van der Waals surface area contributed by atoms with Gasteiger partial charge in [-0.2, -0.15) is 0 Å². The van der Waals surface area contributed by atoms with Crippen LogP contribution in [0.4, 0.5) is 0 Å². The van der Waals surface area contributed by atoms with Crippen molar-refractivity contribution in [3.8, 4) is 5.75 Å². The Balaban J connectivity index is 1.52. The lowest BCUT2D eigenvalue weighted by atomic mass is 9.95. The van der Waals surface area contributed by atoms with Crippen LogP contribution in [0.3, 0.4) is 0 Å². The van der Waals surface area contributed by atoms with Gasteiger partial charge in [-0.15, -0.1) is 0 Å². The van der Waals surface area contributed by atoms with Gasteiger partial charge < -0.3 is 19.3 Å². The molecule has 1 aromatic rings. The van der Waals surface area contributed by atoms with Crippen molar-refractivity contribution in [2.75, 3.05) is 39.5 Å². The van der Waals surface area contributed by atoms with Crippen molar-refractivity contribution in [1.82, 2.24) is 9.80 Å². The highest BCUT2D eigenvalue weighted by molar-refractivity contribution is 5.86. The van der Waals surface area contributed by atoms with Gasteiger partial charge in [0.05, 0.1) is 13.2 Å². The van der Waals surface area contributed by atoms with Gasteiger partial charge in [0, 0.05) is 38.3 Å². The molecule has 0 aliphatic carbocycles. The lowest BCUT2D eigenvalue weighted by Gasteiger charge is -2.38. The van der Waals surface area contributed by atoms with E-state index in [1.807, 2.05) is 12.1 Å². The van der Waals surface area contributed by atoms with E-state index < -0.39 is 0 Å². The van der Waals surface area contributed by atoms with Crippen LogP contribution in [0.25, 0.3) is 0 Å². The van der Waals surface area contributed by atoms with Crippen LogP contribution in [0.1, 0.15) is 50.5 Å². The fourth-order valence-corrected chi connectivity index (χ4v) is 4.92. The Labute approximate surface area is 179 Å². The molecule has 2 fully saturated rings. The Hall–Kier alpha value is -2.08. The molecule has 1 unspecified atom stereocenters. The zero-order chi connectivity index (χ0) is 20.8. The van der Waals surface area contributed by atoms with Crippen LogP contribution in [-0.4, -0.2) is 67.1 Å². The Bertz CT molecular complexity index is 732. The van der Waals surface area contributed by atoms with Crippen LogP contribution < -0.4 is 4.74 Å². The molecule has 0 aromatic heterocycles. The van der Waals surface area contributed by atoms with E-state index in [0.717, 1.165) is 57.2 Å². The van der Waals surface area contributed by atoms with Gasteiger partial charge in [-0.25, -0.2) is 0 Å². The molecule has 6 heteroatoms. The number of aryl methyl sites for hydroxylation is 1. The van der Waals surface area contributed by atoms with E-state index in [0.29, 0.717) is 26.4 Å². The van der Waals surface area contributed by atoms with E-state index in [-0.39, 0.29) is 30.3 Å². The standard InChI is InChI=1S/C24H34N2O4/c27-23-18-25(24(28)20-10-15-29-16-11-20)12-4-14-30-22-7-3-5-19(17-22)8-9-21-6-1-2-13-26(21)23/h3,5,7,17,20-21H,1-2,4,6,8-16,18H2. The Morgan fingerprint density at radius 3 is 2.70 bits per heavy atom. The molecule has 0 radical (unpaired) electrons. The molecule has 2 amide bonds. The zero-order valence-electron chi connectivity index (χ0n) is 17.9. The van der Waals surface area contributed by atoms with E-state index >= 15 is 0 Å². The maximum absolute atomic E-state index is 13.3. The van der Waals surface area contributed by atoms with Gasteiger partial charge in [0.2, 0.25) is 11.8 Å². The smallest absolute Gasteiger partial charge is 0.242 e. The summed E-state index contributed by atoms with van der Waals surface area (Å²) in [5.74, 6) is 1.07. The first kappa shape index (κ1) is 21.2. The number of benzene rings is 1. The second-order valence-electron chi connectivity index (χ2n) is 8.77. The fraction of sp³-hybridized carbons (Fsp3) is 0.667.